The summed E-state index contributed by atoms with van der Waals surface area (Å²) in [6.45, 7) is 4.15. The molecule has 0 bridgehead atoms. The van der Waals surface area contributed by atoms with Gasteiger partial charge in [0.05, 0.1) is 24.0 Å². The fraction of sp³-hybridized carbons (Fsp3) is 0.366. The summed E-state index contributed by atoms with van der Waals surface area (Å²) in [6, 6.07) is 27.6. The highest BCUT2D eigenvalue weighted by molar-refractivity contribution is 7.89. The normalized spacial score (nSPS) is 12.0. The number of anilines is 1. The SMILES string of the molecule is COc1ccc(CCCc2cccc(NC(=O)CCC(=O)N[C@H](CCN(CC(C)C)S(=O)(=O)c3ccc([N+](=O)[O-])cc3)Cc3ccccc3)c2)cc1OC. The zero-order valence-electron chi connectivity index (χ0n) is 31.3. The van der Waals surface area contributed by atoms with E-state index in [1.165, 1.54) is 28.6 Å². The Balaban J connectivity index is 1.33. The number of hydrogen-bond donors (Lipinski definition) is 2. The first-order valence-electron chi connectivity index (χ1n) is 18.1. The van der Waals surface area contributed by atoms with Gasteiger partial charge in [0.15, 0.2) is 11.5 Å². The molecule has 0 aliphatic heterocycles. The predicted octanol–water partition coefficient (Wildman–Crippen LogP) is 6.97. The smallest absolute Gasteiger partial charge is 0.269 e. The molecule has 0 aliphatic rings. The Bertz CT molecular complexity index is 1950. The maximum atomic E-state index is 13.7. The molecule has 0 fully saturated rings. The van der Waals surface area contributed by atoms with E-state index in [0.717, 1.165) is 36.0 Å². The molecule has 12 nitrogen and oxygen atoms in total. The number of hydrogen-bond acceptors (Lipinski definition) is 8. The van der Waals surface area contributed by atoms with Gasteiger partial charge in [-0.1, -0.05) is 62.4 Å². The van der Waals surface area contributed by atoms with Crippen molar-refractivity contribution in [2.45, 2.75) is 69.7 Å². The number of nitrogens with zero attached hydrogens (tertiary/aromatic N) is 2. The number of carbonyl (C=O) groups is 2. The Kier molecular flexibility index (Phi) is 15.6. The summed E-state index contributed by atoms with van der Waals surface area (Å²) in [5.41, 5.74) is 3.65. The molecule has 4 aromatic rings. The van der Waals surface area contributed by atoms with Gasteiger partial charge in [-0.2, -0.15) is 4.31 Å². The van der Waals surface area contributed by atoms with Crippen LogP contribution < -0.4 is 20.1 Å². The van der Waals surface area contributed by atoms with E-state index in [1.807, 2.05) is 86.6 Å². The molecule has 0 saturated carbocycles. The molecule has 1 atom stereocenters. The first-order chi connectivity index (χ1) is 25.9. The number of amides is 2. The summed E-state index contributed by atoms with van der Waals surface area (Å²) in [6.07, 6.45) is 3.26. The molecular weight excluding hydrogens is 709 g/mol. The second-order valence-electron chi connectivity index (χ2n) is 13.5. The van der Waals surface area contributed by atoms with Crippen molar-refractivity contribution in [3.8, 4) is 11.5 Å². The van der Waals surface area contributed by atoms with Crippen molar-refractivity contribution in [1.82, 2.24) is 9.62 Å². The molecule has 0 aromatic heterocycles. The highest BCUT2D eigenvalue weighted by Crippen LogP contribution is 2.28. The lowest BCUT2D eigenvalue weighted by Gasteiger charge is -2.27. The van der Waals surface area contributed by atoms with Gasteiger partial charge in [-0.05, 0) is 91.1 Å². The van der Waals surface area contributed by atoms with Crippen LogP contribution in [0.5, 0.6) is 11.5 Å². The largest absolute Gasteiger partial charge is 0.493 e. The lowest BCUT2D eigenvalue weighted by Crippen LogP contribution is -2.42. The third-order valence-corrected chi connectivity index (χ3v) is 10.7. The molecule has 2 N–H and O–H groups in total. The van der Waals surface area contributed by atoms with Gasteiger partial charge in [-0.3, -0.25) is 19.7 Å². The lowest BCUT2D eigenvalue weighted by molar-refractivity contribution is -0.384. The minimum absolute atomic E-state index is 0.00294. The fourth-order valence-corrected chi connectivity index (χ4v) is 7.74. The van der Waals surface area contributed by atoms with E-state index in [9.17, 15) is 28.1 Å². The molecule has 0 aliphatic carbocycles. The summed E-state index contributed by atoms with van der Waals surface area (Å²) in [7, 11) is -0.752. The average molecular weight is 759 g/mol. The molecule has 4 rings (SSSR count). The topological polar surface area (TPSA) is 157 Å². The summed E-state index contributed by atoms with van der Waals surface area (Å²) in [4.78, 5) is 36.6. The first-order valence-corrected chi connectivity index (χ1v) is 19.5. The number of nitro groups is 1. The lowest BCUT2D eigenvalue weighted by atomic mass is 10.0. The van der Waals surface area contributed by atoms with Gasteiger partial charge in [-0.15, -0.1) is 0 Å². The number of methoxy groups -OCH3 is 2. The van der Waals surface area contributed by atoms with E-state index in [4.69, 9.17) is 9.47 Å². The Labute approximate surface area is 318 Å². The molecule has 0 saturated heterocycles. The van der Waals surface area contributed by atoms with Gasteiger partial charge >= 0.3 is 0 Å². The van der Waals surface area contributed by atoms with Crippen LogP contribution in [0.1, 0.15) is 56.2 Å². The fourth-order valence-electron chi connectivity index (χ4n) is 6.12. The van der Waals surface area contributed by atoms with Crippen LogP contribution in [0, 0.1) is 16.0 Å². The predicted molar refractivity (Wildman–Crippen MR) is 209 cm³/mol. The Hall–Kier alpha value is -5.27. The van der Waals surface area contributed by atoms with Crippen LogP contribution in [0.4, 0.5) is 11.4 Å². The summed E-state index contributed by atoms with van der Waals surface area (Å²) in [5, 5.41) is 17.1. The van der Waals surface area contributed by atoms with Crippen LogP contribution >= 0.6 is 0 Å². The zero-order valence-corrected chi connectivity index (χ0v) is 32.1. The monoisotopic (exact) mass is 758 g/mol. The van der Waals surface area contributed by atoms with Crippen molar-refractivity contribution < 1.29 is 32.4 Å². The Morgan fingerprint density at radius 3 is 2.09 bits per heavy atom. The summed E-state index contributed by atoms with van der Waals surface area (Å²) < 4.78 is 39.4. The maximum absolute atomic E-state index is 13.7. The minimum Gasteiger partial charge on any atom is -0.493 e. The second kappa shape index (κ2) is 20.3. The molecule has 0 heterocycles. The number of non-ortho nitro benzene ring substituents is 1. The van der Waals surface area contributed by atoms with E-state index < -0.39 is 21.0 Å². The molecule has 0 unspecified atom stereocenters. The number of benzene rings is 4. The number of rotatable bonds is 21. The summed E-state index contributed by atoms with van der Waals surface area (Å²) >= 11 is 0. The van der Waals surface area contributed by atoms with Gasteiger partial charge in [0.25, 0.3) is 5.69 Å². The van der Waals surface area contributed by atoms with Gasteiger partial charge in [0.1, 0.15) is 0 Å². The van der Waals surface area contributed by atoms with Crippen molar-refractivity contribution >= 4 is 33.2 Å². The van der Waals surface area contributed by atoms with Crippen LogP contribution in [-0.4, -0.2) is 62.8 Å². The van der Waals surface area contributed by atoms with Crippen molar-refractivity contribution in [1.29, 1.82) is 0 Å². The quantitative estimate of drug-likeness (QED) is 0.0682. The van der Waals surface area contributed by atoms with Gasteiger partial charge in [0.2, 0.25) is 21.8 Å². The van der Waals surface area contributed by atoms with E-state index in [-0.39, 0.29) is 54.2 Å². The third-order valence-electron chi connectivity index (χ3n) is 8.84. The van der Waals surface area contributed by atoms with Crippen molar-refractivity contribution in [3.05, 3.63) is 124 Å². The maximum Gasteiger partial charge on any atom is 0.269 e. The zero-order chi connectivity index (χ0) is 39.1. The van der Waals surface area contributed by atoms with Crippen LogP contribution in [0.25, 0.3) is 0 Å². The molecule has 13 heteroatoms. The van der Waals surface area contributed by atoms with Gasteiger partial charge in [0, 0.05) is 49.8 Å². The number of ether oxygens (including phenoxy) is 2. The van der Waals surface area contributed by atoms with Crippen LogP contribution in [-0.2, 0) is 38.9 Å². The van der Waals surface area contributed by atoms with Gasteiger partial charge < -0.3 is 20.1 Å². The molecule has 288 valence electrons. The second-order valence-corrected chi connectivity index (χ2v) is 15.5. The number of carbonyl (C=O) groups excluding carboxylic acids is 2. The first kappa shape index (κ1) is 41.5. The average Bonchev–Trinajstić information content (AvgIpc) is 3.15. The highest BCUT2D eigenvalue weighted by Gasteiger charge is 2.27. The van der Waals surface area contributed by atoms with Crippen molar-refractivity contribution in [2.24, 2.45) is 5.92 Å². The molecular formula is C41H50N4O8S. The number of nitrogens with one attached hydrogen (secondary N) is 2. The Morgan fingerprint density at radius 2 is 1.44 bits per heavy atom. The number of nitro benzene ring substituents is 1. The molecule has 4 aromatic carbocycles. The third kappa shape index (κ3) is 12.7. The summed E-state index contributed by atoms with van der Waals surface area (Å²) in [5.74, 6) is 0.783. The highest BCUT2D eigenvalue weighted by atomic mass is 32.2. The van der Waals surface area contributed by atoms with Crippen molar-refractivity contribution in [3.63, 3.8) is 0 Å². The van der Waals surface area contributed by atoms with E-state index >= 15 is 0 Å². The minimum atomic E-state index is -3.98. The molecule has 54 heavy (non-hydrogen) atoms. The van der Waals surface area contributed by atoms with Crippen LogP contribution in [0.3, 0.4) is 0 Å². The van der Waals surface area contributed by atoms with E-state index in [0.29, 0.717) is 30.0 Å². The number of aryl methyl sites for hydroxylation is 2. The molecule has 2 amide bonds. The van der Waals surface area contributed by atoms with E-state index in [2.05, 4.69) is 10.6 Å². The van der Waals surface area contributed by atoms with Crippen molar-refractivity contribution in [2.75, 3.05) is 32.6 Å². The Morgan fingerprint density at radius 1 is 0.796 bits per heavy atom. The number of sulfonamides is 1. The van der Waals surface area contributed by atoms with Crippen LogP contribution in [0.15, 0.2) is 102 Å². The van der Waals surface area contributed by atoms with E-state index in [1.54, 1.807) is 14.2 Å². The molecule has 0 spiro atoms. The molecule has 0 radical (unpaired) electrons. The van der Waals surface area contributed by atoms with Crippen LogP contribution in [0.2, 0.25) is 0 Å². The van der Waals surface area contributed by atoms with Gasteiger partial charge in [-0.25, -0.2) is 8.42 Å². The standard InChI is InChI=1S/C41H50N4O8S/c1-30(2)29-44(54(50,51)37-19-17-36(18-20-37)45(48)49)25-24-35(27-31-10-6-5-7-11-31)43-41(47)23-22-40(46)42-34-15-9-14-32(26-34)12-8-13-33-16-21-38(52-3)39(28-33)53-4/h5-7,9-11,14-21,26,28,30,35H,8,12-13,22-25,27,29H2,1-4H3,(H,42,46)(H,43,47)/t35-/m1/s1.